The van der Waals surface area contributed by atoms with Crippen LogP contribution < -0.4 is 4.90 Å². The van der Waals surface area contributed by atoms with Crippen LogP contribution in [0.25, 0.3) is 0 Å². The second-order valence-corrected chi connectivity index (χ2v) is 8.05. The van der Waals surface area contributed by atoms with Crippen molar-refractivity contribution in [1.82, 2.24) is 14.5 Å². The number of hydrogen-bond donors (Lipinski definition) is 0. The quantitative estimate of drug-likeness (QED) is 0.810. The van der Waals surface area contributed by atoms with Crippen molar-refractivity contribution in [3.63, 3.8) is 0 Å². The molecule has 2 aliphatic heterocycles. The molecule has 2 fully saturated rings. The Morgan fingerprint density at radius 3 is 2.69 bits per heavy atom. The van der Waals surface area contributed by atoms with Crippen LogP contribution >= 0.6 is 0 Å². The molecule has 0 aliphatic carbocycles. The van der Waals surface area contributed by atoms with E-state index in [4.69, 9.17) is 0 Å². The molecule has 0 spiro atoms. The van der Waals surface area contributed by atoms with Crippen molar-refractivity contribution < 1.29 is 0 Å². The molecule has 0 amide bonds. The number of benzene rings is 1. The van der Waals surface area contributed by atoms with E-state index in [2.05, 4.69) is 56.7 Å². The van der Waals surface area contributed by atoms with Gasteiger partial charge in [-0.05, 0) is 63.1 Å². The predicted octanol–water partition coefficient (Wildman–Crippen LogP) is 4.09. The number of likely N-dealkylation sites (tertiary alicyclic amines) is 1. The Kier molecular flexibility index (Phi) is 5.59. The topological polar surface area (TPSA) is 24.3 Å². The van der Waals surface area contributed by atoms with Crippen molar-refractivity contribution in [3.8, 4) is 0 Å². The molecule has 2 aliphatic rings. The van der Waals surface area contributed by atoms with E-state index >= 15 is 0 Å². The Labute approximate surface area is 157 Å². The number of imidazole rings is 1. The molecule has 26 heavy (non-hydrogen) atoms. The molecule has 4 rings (SSSR count). The fourth-order valence-electron chi connectivity index (χ4n) is 4.65. The van der Waals surface area contributed by atoms with Crippen LogP contribution in [0.15, 0.2) is 36.7 Å². The van der Waals surface area contributed by atoms with Crippen LogP contribution in [0.3, 0.4) is 0 Å². The monoisotopic (exact) mass is 352 g/mol. The average Bonchev–Trinajstić information content (AvgIpc) is 3.08. The predicted molar refractivity (Wildman–Crippen MR) is 107 cm³/mol. The van der Waals surface area contributed by atoms with Crippen LogP contribution in [-0.2, 0) is 13.1 Å². The SMILES string of the molecule is Cc1nccn1CC1CCCN(Cc2ccccc2N2CCCCC2)C1. The fraction of sp³-hybridized carbons (Fsp3) is 0.591. The highest BCUT2D eigenvalue weighted by atomic mass is 15.2. The standard InChI is InChI=1S/C22H32N4/c1-19-23-11-15-26(19)17-20-8-7-12-24(16-20)18-21-9-3-4-10-22(21)25-13-5-2-6-14-25/h3-4,9-11,15,20H,2,5-8,12-14,16-18H2,1H3. The number of aryl methyl sites for hydroxylation is 1. The van der Waals surface area contributed by atoms with Crippen molar-refractivity contribution in [2.45, 2.75) is 52.1 Å². The maximum Gasteiger partial charge on any atom is 0.105 e. The minimum atomic E-state index is 0.735. The molecule has 0 radical (unpaired) electrons. The molecule has 2 saturated heterocycles. The van der Waals surface area contributed by atoms with Gasteiger partial charge in [-0.3, -0.25) is 4.90 Å². The van der Waals surface area contributed by atoms with E-state index < -0.39 is 0 Å². The first-order chi connectivity index (χ1) is 12.8. The zero-order valence-corrected chi connectivity index (χ0v) is 16.1. The highest BCUT2D eigenvalue weighted by molar-refractivity contribution is 5.53. The Morgan fingerprint density at radius 2 is 1.88 bits per heavy atom. The van der Waals surface area contributed by atoms with Gasteiger partial charge in [0.2, 0.25) is 0 Å². The van der Waals surface area contributed by atoms with Gasteiger partial charge in [0.25, 0.3) is 0 Å². The zero-order chi connectivity index (χ0) is 17.8. The van der Waals surface area contributed by atoms with Crippen LogP contribution in [0, 0.1) is 12.8 Å². The molecule has 1 aromatic carbocycles. The first kappa shape index (κ1) is 17.6. The van der Waals surface area contributed by atoms with E-state index in [-0.39, 0.29) is 0 Å². The lowest BCUT2D eigenvalue weighted by Gasteiger charge is -2.35. The van der Waals surface area contributed by atoms with E-state index in [1.807, 2.05) is 6.20 Å². The summed E-state index contributed by atoms with van der Waals surface area (Å²) in [7, 11) is 0. The largest absolute Gasteiger partial charge is 0.371 e. The van der Waals surface area contributed by atoms with Crippen molar-refractivity contribution >= 4 is 5.69 Å². The van der Waals surface area contributed by atoms with E-state index in [0.717, 1.165) is 24.8 Å². The third kappa shape index (κ3) is 4.12. The molecule has 3 heterocycles. The average molecular weight is 353 g/mol. The second kappa shape index (κ2) is 8.26. The maximum atomic E-state index is 4.38. The van der Waals surface area contributed by atoms with Gasteiger partial charge >= 0.3 is 0 Å². The highest BCUT2D eigenvalue weighted by Gasteiger charge is 2.22. The van der Waals surface area contributed by atoms with Crippen LogP contribution in [0.1, 0.15) is 43.5 Å². The van der Waals surface area contributed by atoms with Crippen molar-refractivity contribution in [3.05, 3.63) is 48.0 Å². The summed E-state index contributed by atoms with van der Waals surface area (Å²) in [4.78, 5) is 9.65. The first-order valence-electron chi connectivity index (χ1n) is 10.3. The summed E-state index contributed by atoms with van der Waals surface area (Å²) in [6.45, 7) is 9.18. The molecule has 2 aromatic rings. The van der Waals surface area contributed by atoms with E-state index in [9.17, 15) is 0 Å². The van der Waals surface area contributed by atoms with Crippen molar-refractivity contribution in [1.29, 1.82) is 0 Å². The Balaban J connectivity index is 1.41. The molecule has 0 saturated carbocycles. The van der Waals surface area contributed by atoms with Gasteiger partial charge in [0.1, 0.15) is 5.82 Å². The van der Waals surface area contributed by atoms with Crippen LogP contribution in [0.5, 0.6) is 0 Å². The lowest BCUT2D eigenvalue weighted by atomic mass is 9.97. The minimum absolute atomic E-state index is 0.735. The molecule has 4 nitrogen and oxygen atoms in total. The van der Waals surface area contributed by atoms with Gasteiger partial charge in [-0.25, -0.2) is 4.98 Å². The van der Waals surface area contributed by atoms with Gasteiger partial charge in [0.05, 0.1) is 0 Å². The smallest absolute Gasteiger partial charge is 0.105 e. The molecule has 140 valence electrons. The first-order valence-corrected chi connectivity index (χ1v) is 10.3. The van der Waals surface area contributed by atoms with Crippen molar-refractivity contribution in [2.24, 2.45) is 5.92 Å². The van der Waals surface area contributed by atoms with Crippen LogP contribution in [0.4, 0.5) is 5.69 Å². The van der Waals surface area contributed by atoms with Gasteiger partial charge in [0.15, 0.2) is 0 Å². The third-order valence-electron chi connectivity index (χ3n) is 6.06. The fourth-order valence-corrected chi connectivity index (χ4v) is 4.65. The molecule has 0 bridgehead atoms. The van der Waals surface area contributed by atoms with Crippen molar-refractivity contribution in [2.75, 3.05) is 31.1 Å². The number of rotatable bonds is 5. The van der Waals surface area contributed by atoms with Crippen LogP contribution in [0.2, 0.25) is 0 Å². The summed E-state index contributed by atoms with van der Waals surface area (Å²) in [6.07, 6.45) is 10.8. The summed E-state index contributed by atoms with van der Waals surface area (Å²) in [6, 6.07) is 9.08. The van der Waals surface area contributed by atoms with E-state index in [1.54, 1.807) is 0 Å². The summed E-state index contributed by atoms with van der Waals surface area (Å²) in [5, 5.41) is 0. The molecule has 1 unspecified atom stereocenters. The van der Waals surface area contributed by atoms with Gasteiger partial charge in [-0.2, -0.15) is 0 Å². The lowest BCUT2D eigenvalue weighted by Crippen LogP contribution is -2.37. The number of piperidine rings is 2. The maximum absolute atomic E-state index is 4.38. The number of para-hydroxylation sites is 1. The zero-order valence-electron chi connectivity index (χ0n) is 16.1. The second-order valence-electron chi connectivity index (χ2n) is 8.05. The highest BCUT2D eigenvalue weighted by Crippen LogP contribution is 2.27. The summed E-state index contributed by atoms with van der Waals surface area (Å²) < 4.78 is 2.32. The van der Waals surface area contributed by atoms with Gasteiger partial charge in [-0.1, -0.05) is 18.2 Å². The number of aromatic nitrogens is 2. The van der Waals surface area contributed by atoms with Gasteiger partial charge in [-0.15, -0.1) is 0 Å². The molecule has 1 aromatic heterocycles. The normalized spacial score (nSPS) is 21.9. The molecular formula is C22H32N4. The minimum Gasteiger partial charge on any atom is -0.371 e. The third-order valence-corrected chi connectivity index (χ3v) is 6.06. The Bertz CT molecular complexity index is 702. The summed E-state index contributed by atoms with van der Waals surface area (Å²) >= 11 is 0. The van der Waals surface area contributed by atoms with Crippen LogP contribution in [-0.4, -0.2) is 40.6 Å². The summed E-state index contributed by atoms with van der Waals surface area (Å²) in [5.74, 6) is 1.87. The molecule has 1 atom stereocenters. The number of anilines is 1. The lowest BCUT2D eigenvalue weighted by molar-refractivity contribution is 0.155. The summed E-state index contributed by atoms with van der Waals surface area (Å²) in [5.41, 5.74) is 2.98. The van der Waals surface area contributed by atoms with E-state index in [0.29, 0.717) is 0 Å². The molecular weight excluding hydrogens is 320 g/mol. The Morgan fingerprint density at radius 1 is 1.04 bits per heavy atom. The Hall–Kier alpha value is -1.81. The number of nitrogens with zero attached hydrogens (tertiary/aromatic N) is 4. The van der Waals surface area contributed by atoms with Gasteiger partial charge in [0, 0.05) is 50.8 Å². The molecule has 4 heteroatoms. The molecule has 0 N–H and O–H groups in total. The van der Waals surface area contributed by atoms with Gasteiger partial charge < -0.3 is 9.47 Å². The van der Waals surface area contributed by atoms with E-state index in [1.165, 1.54) is 69.5 Å². The number of hydrogen-bond acceptors (Lipinski definition) is 3.